The van der Waals surface area contributed by atoms with Crippen molar-refractivity contribution in [3.8, 4) is 0 Å². The third kappa shape index (κ3) is 7.78. The second-order valence-corrected chi connectivity index (χ2v) is 5.98. The van der Waals surface area contributed by atoms with Crippen molar-refractivity contribution in [1.82, 2.24) is 10.2 Å². The Bertz CT molecular complexity index is 663. The van der Waals surface area contributed by atoms with Crippen molar-refractivity contribution in [2.24, 2.45) is 0 Å². The fourth-order valence-corrected chi connectivity index (χ4v) is 2.52. The average Bonchev–Trinajstić information content (AvgIpc) is 2.53. The lowest BCUT2D eigenvalue weighted by Gasteiger charge is -2.14. The number of benzene rings is 2. The maximum Gasteiger partial charge on any atom is 0.220 e. The molecule has 2 aromatic rings. The van der Waals surface area contributed by atoms with Crippen molar-refractivity contribution < 1.29 is 4.79 Å². The molecule has 0 heterocycles. The highest BCUT2D eigenvalue weighted by Crippen LogP contribution is 2.13. The van der Waals surface area contributed by atoms with Crippen LogP contribution in [0.3, 0.4) is 0 Å². The average molecular weight is 384 g/mol. The highest BCUT2D eigenvalue weighted by molar-refractivity contribution is 5.85. The number of para-hydroxylation sites is 1. The first-order chi connectivity index (χ1) is 11.1. The third-order valence-corrected chi connectivity index (χ3v) is 3.76. The molecule has 0 aliphatic carbocycles. The van der Waals surface area contributed by atoms with Crippen molar-refractivity contribution in [2.75, 3.05) is 19.8 Å². The number of carbonyl (C=O) groups excluding carboxylic acids is 1. The SMILES string of the molecule is CN(C)Cc1ccccc1CNC(=O)CCc1ccccc1N.Cl.Cl. The van der Waals surface area contributed by atoms with Gasteiger partial charge in [-0.1, -0.05) is 42.5 Å². The summed E-state index contributed by atoms with van der Waals surface area (Å²) in [4.78, 5) is 14.2. The van der Waals surface area contributed by atoms with Gasteiger partial charge in [-0.3, -0.25) is 4.79 Å². The fourth-order valence-electron chi connectivity index (χ4n) is 2.52. The maximum absolute atomic E-state index is 12.1. The first-order valence-corrected chi connectivity index (χ1v) is 7.88. The van der Waals surface area contributed by atoms with Gasteiger partial charge < -0.3 is 16.0 Å². The van der Waals surface area contributed by atoms with E-state index in [0.717, 1.165) is 23.4 Å². The summed E-state index contributed by atoms with van der Waals surface area (Å²) in [5.74, 6) is 0.0490. The number of nitrogens with zero attached hydrogens (tertiary/aromatic N) is 1. The van der Waals surface area contributed by atoms with Gasteiger partial charge >= 0.3 is 0 Å². The molecule has 0 aromatic heterocycles. The van der Waals surface area contributed by atoms with Gasteiger partial charge in [-0.05, 0) is 43.3 Å². The van der Waals surface area contributed by atoms with Gasteiger partial charge in [0, 0.05) is 25.2 Å². The smallest absolute Gasteiger partial charge is 0.220 e. The van der Waals surface area contributed by atoms with Crippen LogP contribution in [0.1, 0.15) is 23.1 Å². The molecule has 2 rings (SSSR count). The molecular weight excluding hydrogens is 357 g/mol. The number of nitrogen functional groups attached to an aromatic ring is 1. The quantitative estimate of drug-likeness (QED) is 0.720. The highest BCUT2D eigenvalue weighted by Gasteiger charge is 2.07. The van der Waals surface area contributed by atoms with Crippen LogP contribution in [-0.2, 0) is 24.3 Å². The number of carbonyl (C=O) groups is 1. The van der Waals surface area contributed by atoms with Crippen molar-refractivity contribution in [3.05, 3.63) is 65.2 Å². The molecule has 2 aromatic carbocycles. The second kappa shape index (κ2) is 11.7. The highest BCUT2D eigenvalue weighted by atomic mass is 35.5. The Morgan fingerprint density at radius 3 is 2.12 bits per heavy atom. The number of anilines is 1. The summed E-state index contributed by atoms with van der Waals surface area (Å²) in [6.07, 6.45) is 1.11. The maximum atomic E-state index is 12.1. The molecule has 0 bridgehead atoms. The monoisotopic (exact) mass is 383 g/mol. The molecule has 0 atom stereocenters. The van der Waals surface area contributed by atoms with Gasteiger partial charge in [-0.15, -0.1) is 24.8 Å². The largest absolute Gasteiger partial charge is 0.399 e. The zero-order chi connectivity index (χ0) is 16.7. The molecule has 25 heavy (non-hydrogen) atoms. The number of rotatable bonds is 7. The number of nitrogens with one attached hydrogen (secondary N) is 1. The van der Waals surface area contributed by atoms with Crippen LogP contribution in [0.2, 0.25) is 0 Å². The standard InChI is InChI=1S/C19H25N3O.2ClH/c1-22(2)14-17-9-4-3-8-16(17)13-21-19(23)12-11-15-7-5-6-10-18(15)20;;/h3-10H,11-14,20H2,1-2H3,(H,21,23);2*1H. The number of halogens is 2. The van der Waals surface area contributed by atoms with Crippen molar-refractivity contribution in [2.45, 2.75) is 25.9 Å². The predicted molar refractivity (Wildman–Crippen MR) is 109 cm³/mol. The Kier molecular flexibility index (Phi) is 10.9. The molecule has 0 unspecified atom stereocenters. The van der Waals surface area contributed by atoms with Crippen LogP contribution in [0.25, 0.3) is 0 Å². The fraction of sp³-hybridized carbons (Fsp3) is 0.316. The molecule has 3 N–H and O–H groups in total. The van der Waals surface area contributed by atoms with Gasteiger partial charge in [0.1, 0.15) is 0 Å². The van der Waals surface area contributed by atoms with Crippen LogP contribution >= 0.6 is 24.8 Å². The van der Waals surface area contributed by atoms with Crippen LogP contribution in [0.5, 0.6) is 0 Å². The summed E-state index contributed by atoms with van der Waals surface area (Å²) >= 11 is 0. The molecule has 1 amide bonds. The van der Waals surface area contributed by atoms with Crippen LogP contribution in [0.4, 0.5) is 5.69 Å². The summed E-state index contributed by atoms with van der Waals surface area (Å²) in [6.45, 7) is 1.43. The van der Waals surface area contributed by atoms with E-state index in [1.807, 2.05) is 50.5 Å². The third-order valence-electron chi connectivity index (χ3n) is 3.76. The van der Waals surface area contributed by atoms with Gasteiger partial charge in [0.05, 0.1) is 0 Å². The molecule has 138 valence electrons. The summed E-state index contributed by atoms with van der Waals surface area (Å²) in [6, 6.07) is 15.9. The van der Waals surface area contributed by atoms with Crippen molar-refractivity contribution in [1.29, 1.82) is 0 Å². The Labute approximate surface area is 162 Å². The minimum Gasteiger partial charge on any atom is -0.399 e. The molecule has 0 radical (unpaired) electrons. The lowest BCUT2D eigenvalue weighted by molar-refractivity contribution is -0.121. The lowest BCUT2D eigenvalue weighted by Crippen LogP contribution is -2.24. The van der Waals surface area contributed by atoms with E-state index in [9.17, 15) is 4.79 Å². The molecule has 0 spiro atoms. The van der Waals surface area contributed by atoms with Crippen molar-refractivity contribution in [3.63, 3.8) is 0 Å². The van der Waals surface area contributed by atoms with E-state index in [1.165, 1.54) is 5.56 Å². The minimum atomic E-state index is 0. The molecule has 0 fully saturated rings. The van der Waals surface area contributed by atoms with Gasteiger partial charge in [0.2, 0.25) is 5.91 Å². The number of amides is 1. The Balaban J connectivity index is 0.00000288. The first kappa shape index (κ1) is 23.2. The molecule has 4 nitrogen and oxygen atoms in total. The van der Waals surface area contributed by atoms with E-state index in [2.05, 4.69) is 22.3 Å². The van der Waals surface area contributed by atoms with Gasteiger partial charge in [0.25, 0.3) is 0 Å². The second-order valence-electron chi connectivity index (χ2n) is 5.98. The molecule has 0 aliphatic rings. The van der Waals surface area contributed by atoms with Gasteiger partial charge in [0.15, 0.2) is 0 Å². The lowest BCUT2D eigenvalue weighted by atomic mass is 10.1. The van der Waals surface area contributed by atoms with Crippen LogP contribution in [0, 0.1) is 0 Å². The Morgan fingerprint density at radius 2 is 1.52 bits per heavy atom. The molecule has 0 saturated carbocycles. The summed E-state index contributed by atoms with van der Waals surface area (Å²) < 4.78 is 0. The van der Waals surface area contributed by atoms with Gasteiger partial charge in [-0.25, -0.2) is 0 Å². The number of aryl methyl sites for hydroxylation is 1. The van der Waals surface area contributed by atoms with E-state index >= 15 is 0 Å². The summed E-state index contributed by atoms with van der Waals surface area (Å²) in [5, 5.41) is 3.00. The normalized spacial score (nSPS) is 9.88. The number of nitrogens with two attached hydrogens (primary N) is 1. The van der Waals surface area contributed by atoms with Crippen LogP contribution in [0.15, 0.2) is 48.5 Å². The molecule has 0 aliphatic heterocycles. The molecule has 6 heteroatoms. The van der Waals surface area contributed by atoms with E-state index in [-0.39, 0.29) is 30.7 Å². The predicted octanol–water partition coefficient (Wildman–Crippen LogP) is 3.42. The van der Waals surface area contributed by atoms with E-state index in [1.54, 1.807) is 0 Å². The summed E-state index contributed by atoms with van der Waals surface area (Å²) in [5.41, 5.74) is 10.1. The zero-order valence-electron chi connectivity index (χ0n) is 14.7. The van der Waals surface area contributed by atoms with Crippen LogP contribution < -0.4 is 11.1 Å². The first-order valence-electron chi connectivity index (χ1n) is 7.88. The Morgan fingerprint density at radius 1 is 0.960 bits per heavy atom. The molecular formula is C19H27Cl2N3O. The molecule has 0 saturated heterocycles. The Hall–Kier alpha value is -1.75. The zero-order valence-corrected chi connectivity index (χ0v) is 16.3. The van der Waals surface area contributed by atoms with Crippen LogP contribution in [-0.4, -0.2) is 24.9 Å². The van der Waals surface area contributed by atoms with Crippen molar-refractivity contribution >= 4 is 36.4 Å². The minimum absolute atomic E-state index is 0. The topological polar surface area (TPSA) is 58.4 Å². The van der Waals surface area contributed by atoms with E-state index < -0.39 is 0 Å². The summed E-state index contributed by atoms with van der Waals surface area (Å²) in [7, 11) is 4.08. The number of hydrogen-bond donors (Lipinski definition) is 2. The van der Waals surface area contributed by atoms with E-state index in [4.69, 9.17) is 5.73 Å². The van der Waals surface area contributed by atoms with Gasteiger partial charge in [-0.2, -0.15) is 0 Å². The number of hydrogen-bond acceptors (Lipinski definition) is 3. The van der Waals surface area contributed by atoms with E-state index in [0.29, 0.717) is 19.4 Å².